The number of amides is 2. The van der Waals surface area contributed by atoms with Crippen LogP contribution in [-0.4, -0.2) is 61.6 Å². The average Bonchev–Trinajstić information content (AvgIpc) is 2.66. The first-order valence-electron chi connectivity index (χ1n) is 10.1. The van der Waals surface area contributed by atoms with E-state index in [0.29, 0.717) is 6.54 Å². The largest absolute Gasteiger partial charge is 0.418 e. The van der Waals surface area contributed by atoms with Crippen molar-refractivity contribution >= 4 is 23.2 Å². The van der Waals surface area contributed by atoms with E-state index < -0.39 is 29.6 Å². The van der Waals surface area contributed by atoms with Gasteiger partial charge >= 0.3 is 6.18 Å². The molecule has 0 spiro atoms. The van der Waals surface area contributed by atoms with Gasteiger partial charge in [-0.15, -0.1) is 0 Å². The summed E-state index contributed by atoms with van der Waals surface area (Å²) in [6, 6.07) is 3.11. The SMILES string of the molecule is CCN(C1CCC1)[C@@H](CN)C(=O)Nc1ccc(N2CCOCC2=O)c(C(F)(F)F)c1. The van der Waals surface area contributed by atoms with Crippen molar-refractivity contribution < 1.29 is 27.5 Å². The maximum Gasteiger partial charge on any atom is 0.418 e. The summed E-state index contributed by atoms with van der Waals surface area (Å²) in [5.74, 6) is -0.972. The van der Waals surface area contributed by atoms with Crippen LogP contribution in [-0.2, 0) is 20.5 Å². The Bertz CT molecular complexity index is 783. The van der Waals surface area contributed by atoms with Gasteiger partial charge in [0, 0.05) is 24.8 Å². The van der Waals surface area contributed by atoms with Crippen LogP contribution < -0.4 is 16.0 Å². The highest BCUT2D eigenvalue weighted by Crippen LogP contribution is 2.39. The topological polar surface area (TPSA) is 87.9 Å². The zero-order valence-electron chi connectivity index (χ0n) is 16.9. The molecule has 1 saturated heterocycles. The Morgan fingerprint density at radius 2 is 2.13 bits per heavy atom. The highest BCUT2D eigenvalue weighted by molar-refractivity contribution is 5.98. The zero-order chi connectivity index (χ0) is 21.9. The Morgan fingerprint density at radius 1 is 1.40 bits per heavy atom. The molecule has 2 aliphatic rings. The first-order valence-corrected chi connectivity index (χ1v) is 10.1. The number of ether oxygens (including phenoxy) is 1. The third kappa shape index (κ3) is 4.76. The second-order valence-corrected chi connectivity index (χ2v) is 7.48. The lowest BCUT2D eigenvalue weighted by Gasteiger charge is -2.40. The molecule has 1 aromatic rings. The van der Waals surface area contributed by atoms with E-state index in [1.54, 1.807) is 0 Å². The monoisotopic (exact) mass is 428 g/mol. The number of anilines is 2. The number of nitrogens with one attached hydrogen (secondary N) is 1. The molecule has 2 fully saturated rings. The van der Waals surface area contributed by atoms with Crippen LogP contribution in [0.2, 0.25) is 0 Å². The summed E-state index contributed by atoms with van der Waals surface area (Å²) in [6.45, 7) is 2.57. The fraction of sp³-hybridized carbons (Fsp3) is 0.600. The number of likely N-dealkylation sites (N-methyl/N-ethyl adjacent to an activating group) is 1. The number of carbonyl (C=O) groups is 2. The van der Waals surface area contributed by atoms with Crippen LogP contribution in [0.15, 0.2) is 18.2 Å². The van der Waals surface area contributed by atoms with Crippen LogP contribution >= 0.6 is 0 Å². The van der Waals surface area contributed by atoms with Gasteiger partial charge in [-0.1, -0.05) is 13.3 Å². The maximum absolute atomic E-state index is 13.7. The summed E-state index contributed by atoms with van der Waals surface area (Å²) in [4.78, 5) is 27.9. The molecule has 1 heterocycles. The first-order chi connectivity index (χ1) is 14.3. The molecule has 0 bridgehead atoms. The lowest BCUT2D eigenvalue weighted by atomic mass is 9.90. The van der Waals surface area contributed by atoms with Gasteiger partial charge in [0.25, 0.3) is 5.91 Å². The molecule has 1 aromatic carbocycles. The van der Waals surface area contributed by atoms with Crippen molar-refractivity contribution in [3.8, 4) is 0 Å². The minimum absolute atomic E-state index is 0.0138. The van der Waals surface area contributed by atoms with Gasteiger partial charge in [-0.2, -0.15) is 13.2 Å². The Labute approximate surface area is 173 Å². The molecule has 2 amide bonds. The van der Waals surface area contributed by atoms with E-state index in [1.165, 1.54) is 12.1 Å². The van der Waals surface area contributed by atoms with Crippen molar-refractivity contribution in [2.24, 2.45) is 5.73 Å². The molecular weight excluding hydrogens is 401 g/mol. The number of nitrogens with zero attached hydrogens (tertiary/aromatic N) is 2. The number of hydrogen-bond donors (Lipinski definition) is 2. The minimum Gasteiger partial charge on any atom is -0.370 e. The number of hydrogen-bond acceptors (Lipinski definition) is 5. The molecular formula is C20H27F3N4O3. The Morgan fingerprint density at radius 3 is 2.67 bits per heavy atom. The van der Waals surface area contributed by atoms with Gasteiger partial charge < -0.3 is 20.7 Å². The highest BCUT2D eigenvalue weighted by atomic mass is 19.4. The quantitative estimate of drug-likeness (QED) is 0.695. The smallest absolute Gasteiger partial charge is 0.370 e. The highest BCUT2D eigenvalue weighted by Gasteiger charge is 2.38. The normalized spacial score (nSPS) is 19.0. The number of halogens is 3. The molecule has 1 aliphatic heterocycles. The van der Waals surface area contributed by atoms with Gasteiger partial charge in [0.1, 0.15) is 12.6 Å². The maximum atomic E-state index is 13.7. The molecule has 10 heteroatoms. The van der Waals surface area contributed by atoms with Gasteiger partial charge in [-0.05, 0) is 37.6 Å². The van der Waals surface area contributed by atoms with Crippen LogP contribution in [0.5, 0.6) is 0 Å². The Hall–Kier alpha value is -2.17. The molecule has 0 unspecified atom stereocenters. The molecule has 3 rings (SSSR count). The van der Waals surface area contributed by atoms with Gasteiger partial charge in [-0.25, -0.2) is 0 Å². The minimum atomic E-state index is -4.69. The molecule has 3 N–H and O–H groups in total. The van der Waals surface area contributed by atoms with Gasteiger partial charge in [0.2, 0.25) is 5.91 Å². The number of carbonyl (C=O) groups excluding carboxylic acids is 2. The van der Waals surface area contributed by atoms with E-state index in [4.69, 9.17) is 10.5 Å². The Balaban J connectivity index is 1.83. The lowest BCUT2D eigenvalue weighted by Crippen LogP contribution is -2.54. The second-order valence-electron chi connectivity index (χ2n) is 7.48. The van der Waals surface area contributed by atoms with E-state index in [0.717, 1.165) is 30.2 Å². The van der Waals surface area contributed by atoms with Crippen LogP contribution in [0.4, 0.5) is 24.5 Å². The molecule has 0 radical (unpaired) electrons. The standard InChI is InChI=1S/C20H27F3N4O3/c1-2-26(14-4-3-5-14)17(11-24)19(29)25-13-6-7-16(15(10-13)20(21,22)23)27-8-9-30-12-18(27)28/h6-7,10,14,17H,2-5,8-9,11-12,24H2,1H3,(H,25,29)/t17-/m0/s1. The number of alkyl halides is 3. The van der Waals surface area contributed by atoms with E-state index in [-0.39, 0.29) is 43.7 Å². The molecule has 1 aliphatic carbocycles. The summed E-state index contributed by atoms with van der Waals surface area (Å²) < 4.78 is 46.1. The predicted molar refractivity (Wildman–Crippen MR) is 106 cm³/mol. The summed E-state index contributed by atoms with van der Waals surface area (Å²) in [7, 11) is 0. The summed E-state index contributed by atoms with van der Waals surface area (Å²) in [6.07, 6.45) is -1.63. The van der Waals surface area contributed by atoms with Gasteiger partial charge in [0.05, 0.1) is 17.9 Å². The second kappa shape index (κ2) is 9.32. The summed E-state index contributed by atoms with van der Waals surface area (Å²) in [5, 5.41) is 2.58. The molecule has 1 atom stereocenters. The van der Waals surface area contributed by atoms with E-state index >= 15 is 0 Å². The third-order valence-electron chi connectivity index (χ3n) is 5.68. The predicted octanol–water partition coefficient (Wildman–Crippen LogP) is 2.21. The fourth-order valence-electron chi connectivity index (χ4n) is 3.92. The van der Waals surface area contributed by atoms with Crippen molar-refractivity contribution in [1.82, 2.24) is 4.90 Å². The van der Waals surface area contributed by atoms with E-state index in [1.807, 2.05) is 11.8 Å². The summed E-state index contributed by atoms with van der Waals surface area (Å²) in [5.41, 5.74) is 4.61. The first kappa shape index (κ1) is 22.5. The number of nitrogens with two attached hydrogens (primary N) is 1. The van der Waals surface area contributed by atoms with Crippen LogP contribution in [0, 0.1) is 0 Å². The van der Waals surface area contributed by atoms with Crippen molar-refractivity contribution in [3.63, 3.8) is 0 Å². The molecule has 30 heavy (non-hydrogen) atoms. The van der Waals surface area contributed by atoms with Crippen molar-refractivity contribution in [2.45, 2.75) is 44.4 Å². The summed E-state index contributed by atoms with van der Waals surface area (Å²) >= 11 is 0. The zero-order valence-corrected chi connectivity index (χ0v) is 16.9. The number of rotatable bonds is 7. The molecule has 0 aromatic heterocycles. The van der Waals surface area contributed by atoms with Crippen molar-refractivity contribution in [2.75, 3.05) is 43.1 Å². The van der Waals surface area contributed by atoms with Gasteiger partial charge in [-0.3, -0.25) is 14.5 Å². The van der Waals surface area contributed by atoms with Crippen LogP contribution in [0.3, 0.4) is 0 Å². The van der Waals surface area contributed by atoms with E-state index in [2.05, 4.69) is 5.32 Å². The number of morpholine rings is 1. The van der Waals surface area contributed by atoms with Crippen LogP contribution in [0.25, 0.3) is 0 Å². The van der Waals surface area contributed by atoms with Gasteiger partial charge in [0.15, 0.2) is 0 Å². The molecule has 7 nitrogen and oxygen atoms in total. The van der Waals surface area contributed by atoms with Crippen LogP contribution in [0.1, 0.15) is 31.7 Å². The number of benzene rings is 1. The molecule has 1 saturated carbocycles. The lowest BCUT2D eigenvalue weighted by molar-refractivity contribution is -0.137. The van der Waals surface area contributed by atoms with Crippen molar-refractivity contribution in [1.29, 1.82) is 0 Å². The fourth-order valence-corrected chi connectivity index (χ4v) is 3.92. The average molecular weight is 428 g/mol. The molecule has 166 valence electrons. The third-order valence-corrected chi connectivity index (χ3v) is 5.68. The Kier molecular flexibility index (Phi) is 6.99. The van der Waals surface area contributed by atoms with Crippen molar-refractivity contribution in [3.05, 3.63) is 23.8 Å². The van der Waals surface area contributed by atoms with E-state index in [9.17, 15) is 22.8 Å².